The molecule has 6 rings (SSSR count). The van der Waals surface area contributed by atoms with Crippen LogP contribution in [0.25, 0.3) is 10.9 Å². The van der Waals surface area contributed by atoms with Crippen molar-refractivity contribution in [2.24, 2.45) is 0 Å². The Bertz CT molecular complexity index is 1260. The third-order valence-electron chi connectivity index (χ3n) is 7.39. The number of aromatic nitrogens is 2. The van der Waals surface area contributed by atoms with Crippen LogP contribution < -0.4 is 15.1 Å². The number of nitrogens with one attached hydrogen (secondary N) is 1. The van der Waals surface area contributed by atoms with Crippen LogP contribution in [-0.2, 0) is 17.8 Å². The largest absolute Gasteiger partial charge is 0.370 e. The zero-order chi connectivity index (χ0) is 23.8. The molecule has 0 saturated carbocycles. The van der Waals surface area contributed by atoms with E-state index in [0.717, 1.165) is 75.5 Å². The number of fused-ring (bicyclic) bond motifs is 2. The van der Waals surface area contributed by atoms with Gasteiger partial charge < -0.3 is 19.9 Å². The van der Waals surface area contributed by atoms with E-state index in [1.165, 1.54) is 16.9 Å². The first kappa shape index (κ1) is 22.2. The zero-order valence-corrected chi connectivity index (χ0v) is 20.2. The molecule has 2 saturated heterocycles. The van der Waals surface area contributed by atoms with Gasteiger partial charge in [-0.3, -0.25) is 14.9 Å². The third-order valence-corrected chi connectivity index (χ3v) is 7.39. The maximum Gasteiger partial charge on any atom is 0.101 e. The summed E-state index contributed by atoms with van der Waals surface area (Å²) >= 11 is 0. The Morgan fingerprint density at radius 2 is 1.97 bits per heavy atom. The molecule has 8 heteroatoms. The molecular weight excluding hydrogens is 438 g/mol. The van der Waals surface area contributed by atoms with Crippen LogP contribution >= 0.6 is 0 Å². The fourth-order valence-corrected chi connectivity index (χ4v) is 5.67. The maximum absolute atomic E-state index is 9.50. The van der Waals surface area contributed by atoms with Crippen LogP contribution in [0.15, 0.2) is 42.7 Å². The molecule has 5 heterocycles. The number of nitrogens with zero attached hydrogens (tertiary/aromatic N) is 6. The normalized spacial score (nSPS) is 22.9. The highest BCUT2D eigenvalue weighted by molar-refractivity contribution is 5.95. The summed E-state index contributed by atoms with van der Waals surface area (Å²) in [6, 6.07) is 12.5. The predicted octanol–water partition coefficient (Wildman–Crippen LogP) is 2.52. The molecule has 0 spiro atoms. The van der Waals surface area contributed by atoms with Crippen molar-refractivity contribution in [1.82, 2.24) is 20.2 Å². The van der Waals surface area contributed by atoms with Crippen molar-refractivity contribution >= 4 is 22.3 Å². The van der Waals surface area contributed by atoms with Gasteiger partial charge in [0.15, 0.2) is 0 Å². The summed E-state index contributed by atoms with van der Waals surface area (Å²) < 4.78 is 6.38. The average molecular weight is 470 g/mol. The zero-order valence-electron chi connectivity index (χ0n) is 20.2. The second kappa shape index (κ2) is 9.42. The van der Waals surface area contributed by atoms with Crippen molar-refractivity contribution in [3.63, 3.8) is 0 Å². The molecule has 8 nitrogen and oxygen atoms in total. The number of piperazine rings is 1. The topological polar surface area (TPSA) is 80.6 Å². The Morgan fingerprint density at radius 1 is 1.09 bits per heavy atom. The van der Waals surface area contributed by atoms with Gasteiger partial charge >= 0.3 is 0 Å². The minimum atomic E-state index is 0.139. The van der Waals surface area contributed by atoms with Gasteiger partial charge in [-0.05, 0) is 42.8 Å². The van der Waals surface area contributed by atoms with Gasteiger partial charge in [0, 0.05) is 76.2 Å². The number of hydrogen-bond acceptors (Lipinski definition) is 8. The molecule has 2 unspecified atom stereocenters. The Morgan fingerprint density at radius 3 is 2.83 bits per heavy atom. The van der Waals surface area contributed by atoms with E-state index in [-0.39, 0.29) is 12.2 Å². The molecule has 3 aliphatic rings. The number of pyridine rings is 2. The highest BCUT2D eigenvalue weighted by Crippen LogP contribution is 2.30. The van der Waals surface area contributed by atoms with Gasteiger partial charge in [-0.2, -0.15) is 5.26 Å². The van der Waals surface area contributed by atoms with E-state index in [2.05, 4.69) is 61.2 Å². The van der Waals surface area contributed by atoms with Crippen molar-refractivity contribution in [3.05, 3.63) is 59.5 Å². The molecule has 2 fully saturated rings. The predicted molar refractivity (Wildman–Crippen MR) is 136 cm³/mol. The SMILES string of the molecule is CC1CN(c2ccc(C#N)c3ncccc23)CC(CN2CCN(c3cnc4c(c3)CNC4)CC2)O1. The summed E-state index contributed by atoms with van der Waals surface area (Å²) in [5.41, 5.74) is 6.29. The first-order valence-corrected chi connectivity index (χ1v) is 12.5. The third kappa shape index (κ3) is 4.43. The number of nitriles is 1. The van der Waals surface area contributed by atoms with Crippen LogP contribution in [0.2, 0.25) is 0 Å². The Labute approximate surface area is 206 Å². The van der Waals surface area contributed by atoms with Gasteiger partial charge in [-0.25, -0.2) is 0 Å². The lowest BCUT2D eigenvalue weighted by atomic mass is 10.1. The van der Waals surface area contributed by atoms with Crippen LogP contribution in [0.1, 0.15) is 23.7 Å². The van der Waals surface area contributed by atoms with Gasteiger partial charge in [0.25, 0.3) is 0 Å². The summed E-state index contributed by atoms with van der Waals surface area (Å²) in [6.45, 7) is 10.6. The number of hydrogen-bond donors (Lipinski definition) is 1. The lowest BCUT2D eigenvalue weighted by Crippen LogP contribution is -2.54. The van der Waals surface area contributed by atoms with Crippen LogP contribution in [0, 0.1) is 11.3 Å². The van der Waals surface area contributed by atoms with Crippen LogP contribution in [0.5, 0.6) is 0 Å². The van der Waals surface area contributed by atoms with E-state index in [0.29, 0.717) is 5.56 Å². The molecule has 3 aromatic rings. The Kier molecular flexibility index (Phi) is 5.98. The van der Waals surface area contributed by atoms with Gasteiger partial charge in [-0.1, -0.05) is 0 Å². The second-order valence-electron chi connectivity index (χ2n) is 9.81. The molecule has 1 aromatic carbocycles. The summed E-state index contributed by atoms with van der Waals surface area (Å²) in [6.07, 6.45) is 4.07. The highest BCUT2D eigenvalue weighted by Gasteiger charge is 2.29. The molecule has 0 aliphatic carbocycles. The van der Waals surface area contributed by atoms with E-state index >= 15 is 0 Å². The van der Waals surface area contributed by atoms with Crippen LogP contribution in [0.4, 0.5) is 11.4 Å². The van der Waals surface area contributed by atoms with Gasteiger partial charge in [-0.15, -0.1) is 0 Å². The smallest absolute Gasteiger partial charge is 0.101 e. The molecule has 1 N–H and O–H groups in total. The number of anilines is 2. The average Bonchev–Trinajstić information content (AvgIpc) is 3.36. The van der Waals surface area contributed by atoms with E-state index < -0.39 is 0 Å². The minimum absolute atomic E-state index is 0.139. The first-order chi connectivity index (χ1) is 17.2. The van der Waals surface area contributed by atoms with Gasteiger partial charge in [0.1, 0.15) is 6.07 Å². The van der Waals surface area contributed by atoms with Crippen LogP contribution in [-0.4, -0.2) is 72.9 Å². The highest BCUT2D eigenvalue weighted by atomic mass is 16.5. The van der Waals surface area contributed by atoms with Gasteiger partial charge in [0.2, 0.25) is 0 Å². The summed E-state index contributed by atoms with van der Waals surface area (Å²) in [5, 5.41) is 13.9. The molecule has 0 amide bonds. The van der Waals surface area contributed by atoms with E-state index in [1.54, 1.807) is 6.20 Å². The standard InChI is InChI=1S/C27H31N7O/c1-19-16-34(26-5-4-20(12-28)27-24(26)3-2-6-30-27)18-23(35-19)17-32-7-9-33(10-8-32)22-11-21-13-29-15-25(21)31-14-22/h2-6,11,14,19,23,29H,7-10,13,15-18H2,1H3. The molecule has 2 aromatic heterocycles. The van der Waals surface area contributed by atoms with Crippen LogP contribution in [0.3, 0.4) is 0 Å². The molecule has 35 heavy (non-hydrogen) atoms. The fourth-order valence-electron chi connectivity index (χ4n) is 5.67. The van der Waals surface area contributed by atoms with E-state index in [4.69, 9.17) is 4.74 Å². The molecule has 180 valence electrons. The van der Waals surface area contributed by atoms with Crippen molar-refractivity contribution in [3.8, 4) is 6.07 Å². The molecule has 0 bridgehead atoms. The van der Waals surface area contributed by atoms with Gasteiger partial charge in [0.05, 0.1) is 40.9 Å². The number of morpholine rings is 1. The van der Waals surface area contributed by atoms with Crippen molar-refractivity contribution in [1.29, 1.82) is 5.26 Å². The Balaban J connectivity index is 1.12. The quantitative estimate of drug-likeness (QED) is 0.625. The van der Waals surface area contributed by atoms with Crippen molar-refractivity contribution in [2.75, 3.05) is 55.6 Å². The summed E-state index contributed by atoms with van der Waals surface area (Å²) in [5.74, 6) is 0. The monoisotopic (exact) mass is 469 g/mol. The lowest BCUT2D eigenvalue weighted by molar-refractivity contribution is -0.0327. The summed E-state index contributed by atoms with van der Waals surface area (Å²) in [7, 11) is 0. The molecule has 2 atom stereocenters. The van der Waals surface area contributed by atoms with Crippen molar-refractivity contribution in [2.45, 2.75) is 32.2 Å². The van der Waals surface area contributed by atoms with E-state index in [1.807, 2.05) is 18.3 Å². The number of rotatable bonds is 4. The molecule has 3 aliphatic heterocycles. The molecular formula is C27H31N7O. The minimum Gasteiger partial charge on any atom is -0.370 e. The summed E-state index contributed by atoms with van der Waals surface area (Å²) in [4.78, 5) is 16.5. The first-order valence-electron chi connectivity index (χ1n) is 12.5. The number of benzene rings is 1. The van der Waals surface area contributed by atoms with Crippen molar-refractivity contribution < 1.29 is 4.74 Å². The fraction of sp³-hybridized carbons (Fsp3) is 0.444. The van der Waals surface area contributed by atoms with E-state index in [9.17, 15) is 5.26 Å². The Hall–Kier alpha value is -3.25. The number of ether oxygens (including phenoxy) is 1. The maximum atomic E-state index is 9.50. The second-order valence-corrected chi connectivity index (χ2v) is 9.81. The lowest BCUT2D eigenvalue weighted by Gasteiger charge is -2.42. The molecule has 0 radical (unpaired) electrons.